The van der Waals surface area contributed by atoms with Crippen molar-refractivity contribution in [1.29, 1.82) is 0 Å². The summed E-state index contributed by atoms with van der Waals surface area (Å²) < 4.78 is 43.3. The largest absolute Gasteiger partial charge is 0.457 e. The standard InChI is InChI=1S/C28H36F2O7/c1-6-22(34)36-14-21(33)28(37-23(35)7-2)15(3)12-18-16-8-9-17-24(29)19(31)10-11-25(17,4)27(16,30)20(32)13-26(18,28)5/h10-11,15-16,18,20,32H,6-9,12-14H2,1-5H3/t15-,16+,18+,20+,25+,26+,27+,28+/m1/s1. The second-order valence-electron chi connectivity index (χ2n) is 11.5. The molecule has 8 atom stereocenters. The molecule has 4 aliphatic rings. The van der Waals surface area contributed by atoms with Crippen LogP contribution in [0.4, 0.5) is 8.78 Å². The van der Waals surface area contributed by atoms with Crippen molar-refractivity contribution in [3.63, 3.8) is 0 Å². The number of aliphatic hydroxyl groups is 1. The first-order chi connectivity index (χ1) is 17.2. The number of alkyl halides is 1. The molecular weight excluding hydrogens is 486 g/mol. The quantitative estimate of drug-likeness (QED) is 0.523. The van der Waals surface area contributed by atoms with Crippen LogP contribution >= 0.6 is 0 Å². The predicted octanol–water partition coefficient (Wildman–Crippen LogP) is 4.11. The Morgan fingerprint density at radius 3 is 2.41 bits per heavy atom. The number of Topliss-reactive ketones (excluding diaryl/α,β-unsaturated/α-hetero) is 1. The van der Waals surface area contributed by atoms with E-state index in [0.717, 1.165) is 6.08 Å². The van der Waals surface area contributed by atoms with Gasteiger partial charge in [-0.2, -0.15) is 0 Å². The van der Waals surface area contributed by atoms with Gasteiger partial charge in [0.15, 0.2) is 23.7 Å². The van der Waals surface area contributed by atoms with Crippen molar-refractivity contribution in [2.24, 2.45) is 28.6 Å². The van der Waals surface area contributed by atoms with Gasteiger partial charge in [-0.1, -0.05) is 33.8 Å². The maximum absolute atomic E-state index is 17.4. The van der Waals surface area contributed by atoms with E-state index in [0.29, 0.717) is 6.42 Å². The highest BCUT2D eigenvalue weighted by Crippen LogP contribution is 2.71. The van der Waals surface area contributed by atoms with E-state index < -0.39 is 81.9 Å². The number of halogens is 2. The molecule has 0 bridgehead atoms. The van der Waals surface area contributed by atoms with Crippen LogP contribution in [0.15, 0.2) is 23.6 Å². The molecule has 37 heavy (non-hydrogen) atoms. The molecule has 1 N–H and O–H groups in total. The first-order valence-electron chi connectivity index (χ1n) is 13.1. The third-order valence-electron chi connectivity index (χ3n) is 9.90. The van der Waals surface area contributed by atoms with E-state index in [1.54, 1.807) is 27.7 Å². The fraction of sp³-hybridized carbons (Fsp3) is 0.714. The monoisotopic (exact) mass is 522 g/mol. The molecule has 0 spiro atoms. The number of ether oxygens (including phenoxy) is 2. The summed E-state index contributed by atoms with van der Waals surface area (Å²) in [4.78, 5) is 50.3. The van der Waals surface area contributed by atoms with Gasteiger partial charge < -0.3 is 14.6 Å². The molecule has 0 aromatic rings. The zero-order valence-electron chi connectivity index (χ0n) is 22.1. The summed E-state index contributed by atoms with van der Waals surface area (Å²) >= 11 is 0. The molecule has 0 unspecified atom stereocenters. The van der Waals surface area contributed by atoms with Gasteiger partial charge in [0.05, 0.1) is 6.10 Å². The third-order valence-corrected chi connectivity index (χ3v) is 9.90. The number of hydrogen-bond acceptors (Lipinski definition) is 7. The van der Waals surface area contributed by atoms with Crippen molar-refractivity contribution in [3.8, 4) is 0 Å². The molecule has 204 valence electrons. The van der Waals surface area contributed by atoms with Crippen molar-refractivity contribution in [3.05, 3.63) is 23.6 Å². The molecule has 0 radical (unpaired) electrons. The maximum atomic E-state index is 17.4. The van der Waals surface area contributed by atoms with Gasteiger partial charge in [-0.15, -0.1) is 0 Å². The average molecular weight is 523 g/mol. The van der Waals surface area contributed by atoms with Crippen LogP contribution in [-0.2, 0) is 28.7 Å². The SMILES string of the molecule is CCC(=O)OCC(=O)[C@@]1(OC(=O)CC)[C@H](C)C[C@H]2[C@@H]3CCC4=C(F)C(=O)C=C[C@]4(C)[C@@]3(F)[C@@H](O)C[C@@]21C. The lowest BCUT2D eigenvalue weighted by Gasteiger charge is -2.62. The zero-order valence-corrected chi connectivity index (χ0v) is 22.1. The first-order valence-corrected chi connectivity index (χ1v) is 13.1. The van der Waals surface area contributed by atoms with Crippen LogP contribution in [0.25, 0.3) is 0 Å². The number of ketones is 2. The Bertz CT molecular complexity index is 1100. The van der Waals surface area contributed by atoms with E-state index in [-0.39, 0.29) is 37.7 Å². The van der Waals surface area contributed by atoms with Crippen LogP contribution in [0.2, 0.25) is 0 Å². The molecule has 3 fully saturated rings. The molecule has 0 aromatic carbocycles. The second kappa shape index (κ2) is 9.10. The molecule has 0 saturated heterocycles. The topological polar surface area (TPSA) is 107 Å². The molecule has 4 rings (SSSR count). The lowest BCUT2D eigenvalue weighted by atomic mass is 9.44. The minimum Gasteiger partial charge on any atom is -0.457 e. The number of fused-ring (bicyclic) bond motifs is 5. The fourth-order valence-corrected chi connectivity index (χ4v) is 8.08. The average Bonchev–Trinajstić information content (AvgIpc) is 3.07. The van der Waals surface area contributed by atoms with Crippen molar-refractivity contribution in [1.82, 2.24) is 0 Å². The summed E-state index contributed by atoms with van der Waals surface area (Å²) in [5.74, 6) is -5.42. The Morgan fingerprint density at radius 1 is 1.14 bits per heavy atom. The normalized spacial score (nSPS) is 42.5. The van der Waals surface area contributed by atoms with Crippen LogP contribution in [0.5, 0.6) is 0 Å². The highest BCUT2D eigenvalue weighted by molar-refractivity contribution is 6.04. The molecule has 0 amide bonds. The molecule has 7 nitrogen and oxygen atoms in total. The van der Waals surface area contributed by atoms with Crippen molar-refractivity contribution in [2.45, 2.75) is 90.5 Å². The van der Waals surface area contributed by atoms with Gasteiger partial charge in [-0.05, 0) is 50.2 Å². The number of carbonyl (C=O) groups is 4. The van der Waals surface area contributed by atoms with E-state index in [1.807, 2.05) is 0 Å². The highest BCUT2D eigenvalue weighted by atomic mass is 19.1. The number of rotatable bonds is 6. The van der Waals surface area contributed by atoms with Crippen molar-refractivity contribution in [2.75, 3.05) is 6.61 Å². The Morgan fingerprint density at radius 2 is 1.78 bits per heavy atom. The van der Waals surface area contributed by atoms with Gasteiger partial charge >= 0.3 is 11.9 Å². The summed E-state index contributed by atoms with van der Waals surface area (Å²) in [7, 11) is 0. The van der Waals surface area contributed by atoms with Crippen LogP contribution in [0.3, 0.4) is 0 Å². The van der Waals surface area contributed by atoms with Gasteiger partial charge in [-0.3, -0.25) is 19.2 Å². The smallest absolute Gasteiger partial charge is 0.306 e. The molecule has 0 aromatic heterocycles. The van der Waals surface area contributed by atoms with E-state index in [4.69, 9.17) is 9.47 Å². The van der Waals surface area contributed by atoms with E-state index in [9.17, 15) is 28.7 Å². The molecule has 9 heteroatoms. The number of esters is 2. The van der Waals surface area contributed by atoms with E-state index in [2.05, 4.69) is 0 Å². The summed E-state index contributed by atoms with van der Waals surface area (Å²) in [5, 5.41) is 11.5. The van der Waals surface area contributed by atoms with Crippen LogP contribution in [0, 0.1) is 28.6 Å². The predicted molar refractivity (Wildman–Crippen MR) is 128 cm³/mol. The van der Waals surface area contributed by atoms with Gasteiger partial charge in [-0.25, -0.2) is 8.78 Å². The Labute approximate surface area is 215 Å². The third kappa shape index (κ3) is 3.52. The highest BCUT2D eigenvalue weighted by Gasteiger charge is 2.77. The molecule has 0 aliphatic heterocycles. The second-order valence-corrected chi connectivity index (χ2v) is 11.5. The molecule has 4 aliphatic carbocycles. The van der Waals surface area contributed by atoms with Gasteiger partial charge in [0, 0.05) is 35.5 Å². The summed E-state index contributed by atoms with van der Waals surface area (Å²) in [6.45, 7) is 7.60. The molecular formula is C28H36F2O7. The van der Waals surface area contributed by atoms with E-state index in [1.165, 1.54) is 13.0 Å². The molecule has 0 heterocycles. The Balaban J connectivity index is 1.82. The van der Waals surface area contributed by atoms with Gasteiger partial charge in [0.1, 0.15) is 0 Å². The van der Waals surface area contributed by atoms with Gasteiger partial charge in [0.25, 0.3) is 0 Å². The molecule has 3 saturated carbocycles. The maximum Gasteiger partial charge on any atom is 0.306 e. The van der Waals surface area contributed by atoms with Gasteiger partial charge in [0.2, 0.25) is 11.6 Å². The Kier molecular flexibility index (Phi) is 6.79. The van der Waals surface area contributed by atoms with Crippen LogP contribution in [-0.4, -0.2) is 52.6 Å². The van der Waals surface area contributed by atoms with E-state index >= 15 is 4.39 Å². The Hall–Kier alpha value is -2.42. The lowest BCUT2D eigenvalue weighted by molar-refractivity contribution is -0.228. The van der Waals surface area contributed by atoms with Crippen molar-refractivity contribution < 1.29 is 42.5 Å². The number of aliphatic hydroxyl groups excluding tert-OH is 1. The zero-order chi connectivity index (χ0) is 27.6. The summed E-state index contributed by atoms with van der Waals surface area (Å²) in [6, 6.07) is 0. The van der Waals surface area contributed by atoms with Crippen LogP contribution in [0.1, 0.15) is 73.1 Å². The minimum atomic E-state index is -2.30. The number of hydrogen-bond donors (Lipinski definition) is 1. The number of carbonyl (C=O) groups excluding carboxylic acids is 4. The first kappa shape index (κ1) is 27.6. The summed E-state index contributed by atoms with van der Waals surface area (Å²) in [6.07, 6.45) is 1.21. The minimum absolute atomic E-state index is 0.000596. The summed E-state index contributed by atoms with van der Waals surface area (Å²) in [5.41, 5.74) is -6.69. The van der Waals surface area contributed by atoms with Crippen LogP contribution < -0.4 is 0 Å². The van der Waals surface area contributed by atoms with Crippen molar-refractivity contribution >= 4 is 23.5 Å². The fourth-order valence-electron chi connectivity index (χ4n) is 8.08. The number of allylic oxidation sites excluding steroid dienone is 4. The lowest BCUT2D eigenvalue weighted by Crippen LogP contribution is -2.70.